The number of rotatable bonds is 17. The molecule has 0 spiro atoms. The summed E-state index contributed by atoms with van der Waals surface area (Å²) in [6, 6.07) is -12.3. The Morgan fingerprint density at radius 1 is 0.466 bits per heavy atom. The summed E-state index contributed by atoms with van der Waals surface area (Å²) in [5, 5.41) is 11.1. The van der Waals surface area contributed by atoms with E-state index in [1.165, 1.54) is 92.6 Å². The first-order valence-electron chi connectivity index (χ1n) is 31.6. The van der Waals surface area contributed by atoms with E-state index in [0.29, 0.717) is 6.29 Å². The second-order valence-electron chi connectivity index (χ2n) is 27.9. The SMILES string of the molecule is CCC1NC(=O)C(C(O[Si](C)(C)C)C(C)CC=O)N(C)C(=O)C(C(C)C)N(C)C(=O)C(CC(C)C)N(C)C(=O)C(CC(C)C)N(C)C(=O)C(C)NC(=O)C(C)NC(=O)C(CC(C)C)N(C)C(=O)C(C(C)C)NC(=O)C(CC(C)C)N(C)C(=O)CN(C)C1=O. The Kier molecular flexibility index (Phi) is 32.2. The Bertz CT molecular complexity index is 2420. The summed E-state index contributed by atoms with van der Waals surface area (Å²) in [6.45, 7) is 33.3. The highest BCUT2D eigenvalue weighted by molar-refractivity contribution is 6.69. The predicted molar refractivity (Wildman–Crippen MR) is 342 cm³/mol. The van der Waals surface area contributed by atoms with E-state index in [9.17, 15) is 38.4 Å². The number of nitrogens with one attached hydrogen (secondary N) is 4. The van der Waals surface area contributed by atoms with Crippen LogP contribution >= 0.6 is 0 Å². The quantitative estimate of drug-likeness (QED) is 0.119. The van der Waals surface area contributed by atoms with Gasteiger partial charge in [-0.05, 0) is 107 Å². The lowest BCUT2D eigenvalue weighted by Crippen LogP contribution is -2.64. The minimum absolute atomic E-state index is 0.0221. The molecule has 1 aliphatic heterocycles. The highest BCUT2D eigenvalue weighted by atomic mass is 28.4. The second kappa shape index (κ2) is 35.4. The van der Waals surface area contributed by atoms with Crippen molar-refractivity contribution in [2.75, 3.05) is 55.9 Å². The van der Waals surface area contributed by atoms with Crippen LogP contribution < -0.4 is 21.3 Å². The van der Waals surface area contributed by atoms with Gasteiger partial charge in [-0.1, -0.05) is 96.9 Å². The van der Waals surface area contributed by atoms with Crippen LogP contribution in [0.25, 0.3) is 0 Å². The minimum Gasteiger partial charge on any atom is -0.412 e. The van der Waals surface area contributed by atoms with Crippen LogP contribution in [0.15, 0.2) is 0 Å². The fourth-order valence-corrected chi connectivity index (χ4v) is 12.2. The molecule has 0 aliphatic carbocycles. The summed E-state index contributed by atoms with van der Waals surface area (Å²) in [6.07, 6.45) is 0.135. The Hall–Kier alpha value is -5.98. The first-order chi connectivity index (χ1) is 40.4. The van der Waals surface area contributed by atoms with Crippen molar-refractivity contribution in [2.24, 2.45) is 41.4 Å². The van der Waals surface area contributed by atoms with Gasteiger partial charge in [0.1, 0.15) is 66.7 Å². The van der Waals surface area contributed by atoms with Crippen molar-refractivity contribution in [3.05, 3.63) is 0 Å². The lowest BCUT2D eigenvalue weighted by atomic mass is 9.91. The third-order valence-corrected chi connectivity index (χ3v) is 17.2. The normalized spacial score (nSPS) is 26.5. The van der Waals surface area contributed by atoms with Gasteiger partial charge in [0, 0.05) is 55.8 Å². The maximum absolute atomic E-state index is 15.5. The van der Waals surface area contributed by atoms with Crippen molar-refractivity contribution in [3.8, 4) is 0 Å². The van der Waals surface area contributed by atoms with Gasteiger partial charge in [-0.15, -0.1) is 0 Å². The van der Waals surface area contributed by atoms with Crippen LogP contribution in [0.5, 0.6) is 0 Å². The van der Waals surface area contributed by atoms with Crippen molar-refractivity contribution < 1.29 is 62.0 Å². The van der Waals surface area contributed by atoms with Crippen LogP contribution in [0.1, 0.15) is 149 Å². The van der Waals surface area contributed by atoms with Gasteiger partial charge in [-0.25, -0.2) is 0 Å². The Labute approximate surface area is 527 Å². The van der Waals surface area contributed by atoms with E-state index in [2.05, 4.69) is 21.3 Å². The monoisotopic (exact) mass is 1260 g/mol. The number of hydrogen-bond acceptors (Lipinski definition) is 13. The van der Waals surface area contributed by atoms with Crippen LogP contribution in [0.4, 0.5) is 0 Å². The molecule has 0 radical (unpaired) electrons. The van der Waals surface area contributed by atoms with E-state index in [-0.39, 0.29) is 62.2 Å². The number of nitrogens with zero attached hydrogens (tertiary/aromatic N) is 7. The summed E-state index contributed by atoms with van der Waals surface area (Å²) in [4.78, 5) is 182. The average molecular weight is 1260 g/mol. The zero-order valence-corrected chi connectivity index (χ0v) is 59.4. The number of carbonyl (C=O) groups is 12. The summed E-state index contributed by atoms with van der Waals surface area (Å²) in [7, 11) is 7.37. The van der Waals surface area contributed by atoms with Crippen LogP contribution in [0.3, 0.4) is 0 Å². The summed E-state index contributed by atoms with van der Waals surface area (Å²) < 4.78 is 6.72. The molecule has 24 nitrogen and oxygen atoms in total. The molecule has 1 aliphatic rings. The molecule has 0 aromatic heterocycles. The van der Waals surface area contributed by atoms with Crippen LogP contribution in [-0.2, 0) is 62.0 Å². The lowest BCUT2D eigenvalue weighted by Gasteiger charge is -2.43. The number of likely N-dealkylation sites (N-methyl/N-ethyl adjacent to an activating group) is 7. The van der Waals surface area contributed by atoms with Crippen LogP contribution in [-0.4, -0.2) is 236 Å². The van der Waals surface area contributed by atoms with Gasteiger partial charge >= 0.3 is 0 Å². The lowest BCUT2D eigenvalue weighted by molar-refractivity contribution is -0.157. The van der Waals surface area contributed by atoms with Crippen molar-refractivity contribution in [2.45, 2.75) is 235 Å². The molecule has 88 heavy (non-hydrogen) atoms. The van der Waals surface area contributed by atoms with Gasteiger partial charge in [-0.2, -0.15) is 0 Å². The van der Waals surface area contributed by atoms with Crippen LogP contribution in [0.2, 0.25) is 19.6 Å². The zero-order valence-electron chi connectivity index (χ0n) is 58.4. The second-order valence-corrected chi connectivity index (χ2v) is 32.4. The van der Waals surface area contributed by atoms with E-state index in [0.717, 1.165) is 4.90 Å². The highest BCUT2D eigenvalue weighted by Crippen LogP contribution is 2.28. The fourth-order valence-electron chi connectivity index (χ4n) is 11.1. The minimum atomic E-state index is -2.64. The summed E-state index contributed by atoms with van der Waals surface area (Å²) in [5.41, 5.74) is 0. The number of amides is 11. The van der Waals surface area contributed by atoms with Gasteiger partial charge in [0.15, 0.2) is 8.32 Å². The van der Waals surface area contributed by atoms with E-state index in [1.54, 1.807) is 41.5 Å². The Morgan fingerprint density at radius 2 is 0.875 bits per heavy atom. The van der Waals surface area contributed by atoms with Crippen molar-refractivity contribution in [1.29, 1.82) is 0 Å². The molecule has 1 saturated heterocycles. The van der Waals surface area contributed by atoms with E-state index in [4.69, 9.17) is 4.43 Å². The van der Waals surface area contributed by atoms with Gasteiger partial charge < -0.3 is 64.8 Å². The molecule has 4 N–H and O–H groups in total. The molecule has 0 aromatic rings. The largest absolute Gasteiger partial charge is 0.412 e. The van der Waals surface area contributed by atoms with Gasteiger partial charge in [0.05, 0.1) is 12.6 Å². The van der Waals surface area contributed by atoms with E-state index in [1.807, 2.05) is 75.0 Å². The average Bonchev–Trinajstić information content (AvgIpc) is 2.34. The third kappa shape index (κ3) is 22.8. The molecule has 1 rings (SSSR count). The Morgan fingerprint density at radius 3 is 1.31 bits per heavy atom. The van der Waals surface area contributed by atoms with Crippen molar-refractivity contribution in [1.82, 2.24) is 55.6 Å². The van der Waals surface area contributed by atoms with Gasteiger partial charge in [-0.3, -0.25) is 52.7 Å². The number of hydrogen-bond donors (Lipinski definition) is 4. The van der Waals surface area contributed by atoms with E-state index >= 15 is 19.2 Å². The molecule has 12 unspecified atom stereocenters. The van der Waals surface area contributed by atoms with Gasteiger partial charge in [0.25, 0.3) is 0 Å². The molecule has 0 saturated carbocycles. The molecule has 1 fully saturated rings. The summed E-state index contributed by atoms with van der Waals surface area (Å²) >= 11 is 0. The Balaban J connectivity index is 4.44. The highest BCUT2D eigenvalue weighted by Gasteiger charge is 2.47. The summed E-state index contributed by atoms with van der Waals surface area (Å²) in [5.74, 6) is -9.71. The third-order valence-electron chi connectivity index (χ3n) is 16.3. The van der Waals surface area contributed by atoms with Crippen molar-refractivity contribution >= 4 is 79.6 Å². The van der Waals surface area contributed by atoms with E-state index < -0.39 is 164 Å². The first-order valence-corrected chi connectivity index (χ1v) is 35.0. The van der Waals surface area contributed by atoms with Crippen LogP contribution in [0, 0.1) is 41.4 Å². The van der Waals surface area contributed by atoms with Gasteiger partial charge in [0.2, 0.25) is 65.0 Å². The standard InChI is InChI=1S/C63H115N11O13Si/c1-27-44-59(82)68(17)34-49(76)69(18)45(30-35(2)3)56(79)67-50(39(10)11)62(85)70(19)46(31-36(4)5)55(78)64-42(15)54(77)65-43(16)58(81)71(20)47(32-37(6)7)60(83)72(21)48(33-38(8)9)61(84)73(22)51(40(12)13)63(86)74(23)52(57(80)66-44)53(41(14)28-29-75)87-88(24,25)26/h29,35-48,50-53H,27-28,30-34H2,1-26H3,(H,64,78)(H,65,77)(H,66,80)(H,67,79). The molecular weight excluding hydrogens is 1150 g/mol. The zero-order chi connectivity index (χ0) is 68.5. The molecule has 1 heterocycles. The maximum atomic E-state index is 15.5. The number of aldehydes is 1. The molecule has 0 aromatic carbocycles. The first kappa shape index (κ1) is 80.0. The molecule has 11 amide bonds. The van der Waals surface area contributed by atoms with Crippen molar-refractivity contribution in [3.63, 3.8) is 0 Å². The molecule has 504 valence electrons. The molecule has 0 bridgehead atoms. The molecule has 12 atom stereocenters. The molecular formula is C63H115N11O13Si. The number of carbonyl (C=O) groups excluding carboxylic acids is 12. The smallest absolute Gasteiger partial charge is 0.246 e. The maximum Gasteiger partial charge on any atom is 0.246 e. The predicted octanol–water partition coefficient (Wildman–Crippen LogP) is 3.75. The topological polar surface area (TPSA) is 285 Å². The fraction of sp³-hybridized carbons (Fsp3) is 0.810. The molecule has 25 heteroatoms.